The Hall–Kier alpha value is -3.57. The van der Waals surface area contributed by atoms with Crippen LogP contribution in [0.15, 0.2) is 64.4 Å². The highest BCUT2D eigenvalue weighted by Gasteiger charge is 2.29. The SMILES string of the molecule is CC(C)Oc1ccc(S(=O)(=O)N2CCN(c3ccc(-c4cnco4)c(OCC(=O)O)c3)CC2)cc1. The van der Waals surface area contributed by atoms with Crippen LogP contribution in [0.4, 0.5) is 5.69 Å². The molecule has 0 spiro atoms. The van der Waals surface area contributed by atoms with Crippen molar-refractivity contribution in [1.82, 2.24) is 9.29 Å². The summed E-state index contributed by atoms with van der Waals surface area (Å²) in [6, 6.07) is 11.8. The van der Waals surface area contributed by atoms with Gasteiger partial charge in [0.25, 0.3) is 0 Å². The lowest BCUT2D eigenvalue weighted by Gasteiger charge is -2.35. The van der Waals surface area contributed by atoms with Gasteiger partial charge in [-0.15, -0.1) is 0 Å². The molecular formula is C24H27N3O7S. The minimum absolute atomic E-state index is 0.00499. The number of carboxylic acids is 1. The fraction of sp³-hybridized carbons (Fsp3) is 0.333. The van der Waals surface area contributed by atoms with Crippen LogP contribution in [-0.2, 0) is 14.8 Å². The van der Waals surface area contributed by atoms with Crippen LogP contribution in [0, 0.1) is 0 Å². The van der Waals surface area contributed by atoms with Crippen molar-refractivity contribution in [1.29, 1.82) is 0 Å². The van der Waals surface area contributed by atoms with E-state index in [2.05, 4.69) is 4.98 Å². The van der Waals surface area contributed by atoms with Crippen LogP contribution in [0.3, 0.4) is 0 Å². The van der Waals surface area contributed by atoms with E-state index in [1.54, 1.807) is 36.4 Å². The minimum atomic E-state index is -3.63. The zero-order chi connectivity index (χ0) is 25.0. The Morgan fingerprint density at radius 1 is 1.11 bits per heavy atom. The molecule has 186 valence electrons. The first-order valence-corrected chi connectivity index (χ1v) is 12.6. The molecule has 1 aromatic heterocycles. The number of piperazine rings is 1. The number of aliphatic carboxylic acids is 1. The van der Waals surface area contributed by atoms with Crippen LogP contribution >= 0.6 is 0 Å². The highest BCUT2D eigenvalue weighted by atomic mass is 32.2. The Kier molecular flexibility index (Phi) is 7.27. The van der Waals surface area contributed by atoms with Gasteiger partial charge < -0.3 is 23.9 Å². The monoisotopic (exact) mass is 501 g/mol. The average Bonchev–Trinajstić information content (AvgIpc) is 3.37. The second-order valence-electron chi connectivity index (χ2n) is 8.26. The predicted octanol–water partition coefficient (Wildman–Crippen LogP) is 3.10. The van der Waals surface area contributed by atoms with Crippen molar-refractivity contribution < 1.29 is 32.2 Å². The van der Waals surface area contributed by atoms with E-state index >= 15 is 0 Å². The van der Waals surface area contributed by atoms with Crippen molar-refractivity contribution >= 4 is 21.7 Å². The molecule has 10 nitrogen and oxygen atoms in total. The molecule has 0 radical (unpaired) electrons. The summed E-state index contributed by atoms with van der Waals surface area (Å²) in [5, 5.41) is 9.03. The van der Waals surface area contributed by atoms with Gasteiger partial charge in [-0.05, 0) is 50.2 Å². The summed E-state index contributed by atoms with van der Waals surface area (Å²) in [5.41, 5.74) is 1.37. The second-order valence-corrected chi connectivity index (χ2v) is 10.2. The molecular weight excluding hydrogens is 474 g/mol. The van der Waals surface area contributed by atoms with Gasteiger partial charge in [0.15, 0.2) is 18.8 Å². The number of benzene rings is 2. The molecule has 1 aliphatic rings. The molecule has 1 fully saturated rings. The average molecular weight is 502 g/mol. The van der Waals surface area contributed by atoms with Crippen molar-refractivity contribution in [3.63, 3.8) is 0 Å². The maximum Gasteiger partial charge on any atom is 0.341 e. The van der Waals surface area contributed by atoms with E-state index in [4.69, 9.17) is 19.0 Å². The van der Waals surface area contributed by atoms with Gasteiger partial charge in [-0.2, -0.15) is 4.31 Å². The molecule has 2 aromatic carbocycles. The molecule has 4 rings (SSSR count). The number of carbonyl (C=O) groups is 1. The quantitative estimate of drug-likeness (QED) is 0.471. The number of nitrogens with zero attached hydrogens (tertiary/aromatic N) is 3. The Bertz CT molecular complexity index is 1250. The van der Waals surface area contributed by atoms with Crippen LogP contribution in [0.5, 0.6) is 11.5 Å². The number of carboxylic acid groups (broad SMARTS) is 1. The summed E-state index contributed by atoms with van der Waals surface area (Å²) in [4.78, 5) is 17.2. The number of rotatable bonds is 9. The van der Waals surface area contributed by atoms with Gasteiger partial charge in [0, 0.05) is 37.9 Å². The van der Waals surface area contributed by atoms with Crippen molar-refractivity contribution in [2.75, 3.05) is 37.7 Å². The Morgan fingerprint density at radius 2 is 1.83 bits per heavy atom. The summed E-state index contributed by atoms with van der Waals surface area (Å²) in [6.45, 7) is 4.86. The number of hydrogen-bond donors (Lipinski definition) is 1. The normalized spacial score (nSPS) is 14.8. The maximum absolute atomic E-state index is 13.1. The third-order valence-corrected chi connectivity index (χ3v) is 7.36. The van der Waals surface area contributed by atoms with Crippen LogP contribution in [0.2, 0.25) is 0 Å². The van der Waals surface area contributed by atoms with E-state index in [-0.39, 0.29) is 11.0 Å². The molecule has 35 heavy (non-hydrogen) atoms. The number of sulfonamides is 1. The fourth-order valence-corrected chi connectivity index (χ4v) is 5.24. The van der Waals surface area contributed by atoms with Crippen LogP contribution in [0.1, 0.15) is 13.8 Å². The Labute approximate surface area is 203 Å². The van der Waals surface area contributed by atoms with Gasteiger partial charge in [-0.25, -0.2) is 18.2 Å². The van der Waals surface area contributed by atoms with Gasteiger partial charge in [0.1, 0.15) is 11.5 Å². The molecule has 1 saturated heterocycles. The predicted molar refractivity (Wildman–Crippen MR) is 128 cm³/mol. The van der Waals surface area contributed by atoms with Crippen LogP contribution in [0.25, 0.3) is 11.3 Å². The summed E-state index contributed by atoms with van der Waals surface area (Å²) < 4.78 is 44.1. The summed E-state index contributed by atoms with van der Waals surface area (Å²) in [7, 11) is -3.63. The standard InChI is InChI=1S/C24H27N3O7S/c1-17(2)34-19-4-6-20(7-5-19)35(30,31)27-11-9-26(10-12-27)18-3-8-21(23-14-25-16-33-23)22(13-18)32-15-24(28)29/h3-8,13-14,16-17H,9-12,15H2,1-2H3,(H,28,29). The lowest BCUT2D eigenvalue weighted by Crippen LogP contribution is -2.48. The van der Waals surface area contributed by atoms with E-state index < -0.39 is 22.6 Å². The van der Waals surface area contributed by atoms with Crippen LogP contribution in [-0.4, -0.2) is 67.7 Å². The molecule has 11 heteroatoms. The molecule has 0 aliphatic carbocycles. The molecule has 0 amide bonds. The molecule has 3 aromatic rings. The zero-order valence-corrected chi connectivity index (χ0v) is 20.3. The van der Waals surface area contributed by atoms with E-state index in [1.165, 1.54) is 16.9 Å². The van der Waals surface area contributed by atoms with Crippen molar-refractivity contribution in [2.24, 2.45) is 0 Å². The maximum atomic E-state index is 13.1. The highest BCUT2D eigenvalue weighted by Crippen LogP contribution is 2.34. The molecule has 1 aliphatic heterocycles. The summed E-state index contributed by atoms with van der Waals surface area (Å²) >= 11 is 0. The first-order valence-electron chi connectivity index (χ1n) is 11.1. The van der Waals surface area contributed by atoms with Crippen LogP contribution < -0.4 is 14.4 Å². The lowest BCUT2D eigenvalue weighted by molar-refractivity contribution is -0.139. The van der Waals surface area contributed by atoms with Gasteiger partial charge in [-0.1, -0.05) is 0 Å². The highest BCUT2D eigenvalue weighted by molar-refractivity contribution is 7.89. The number of anilines is 1. The molecule has 0 saturated carbocycles. The van der Waals surface area contributed by atoms with Crippen molar-refractivity contribution in [3.8, 4) is 22.8 Å². The number of aromatic nitrogens is 1. The molecule has 2 heterocycles. The third kappa shape index (κ3) is 5.75. The largest absolute Gasteiger partial charge is 0.491 e. The molecule has 0 bridgehead atoms. The summed E-state index contributed by atoms with van der Waals surface area (Å²) in [6.07, 6.45) is 2.81. The number of hydrogen-bond acceptors (Lipinski definition) is 8. The summed E-state index contributed by atoms with van der Waals surface area (Å²) in [5.74, 6) is 0.332. The van der Waals surface area contributed by atoms with Gasteiger partial charge >= 0.3 is 5.97 Å². The number of ether oxygens (including phenoxy) is 2. The van der Waals surface area contributed by atoms with Crippen molar-refractivity contribution in [2.45, 2.75) is 24.8 Å². The Morgan fingerprint density at radius 3 is 2.43 bits per heavy atom. The van der Waals surface area contributed by atoms with Gasteiger partial charge in [0.05, 0.1) is 22.8 Å². The minimum Gasteiger partial charge on any atom is -0.491 e. The topological polar surface area (TPSA) is 122 Å². The van der Waals surface area contributed by atoms with E-state index in [1.807, 2.05) is 24.8 Å². The first-order chi connectivity index (χ1) is 16.7. The lowest BCUT2D eigenvalue weighted by atomic mass is 10.1. The van der Waals surface area contributed by atoms with E-state index in [0.717, 1.165) is 5.69 Å². The second kappa shape index (κ2) is 10.4. The van der Waals surface area contributed by atoms with Gasteiger partial charge in [-0.3, -0.25) is 0 Å². The Balaban J connectivity index is 1.47. The van der Waals surface area contributed by atoms with E-state index in [9.17, 15) is 13.2 Å². The number of oxazole rings is 1. The molecule has 1 N–H and O–H groups in total. The molecule has 0 unspecified atom stereocenters. The zero-order valence-electron chi connectivity index (χ0n) is 19.5. The molecule has 0 atom stereocenters. The first kappa shape index (κ1) is 24.6. The van der Waals surface area contributed by atoms with E-state index in [0.29, 0.717) is 49.0 Å². The smallest absolute Gasteiger partial charge is 0.341 e. The van der Waals surface area contributed by atoms with Crippen molar-refractivity contribution in [3.05, 3.63) is 55.1 Å². The third-order valence-electron chi connectivity index (χ3n) is 5.45. The fourth-order valence-electron chi connectivity index (χ4n) is 3.82. The van der Waals surface area contributed by atoms with Gasteiger partial charge in [0.2, 0.25) is 10.0 Å².